The van der Waals surface area contributed by atoms with Gasteiger partial charge in [-0.1, -0.05) is 57.5 Å². The molecule has 0 fully saturated rings. The highest BCUT2D eigenvalue weighted by molar-refractivity contribution is 5.83. The molecule has 0 aliphatic rings. The van der Waals surface area contributed by atoms with E-state index < -0.39 is 0 Å². The average Bonchev–Trinajstić information content (AvgIpc) is 2.43. The highest BCUT2D eigenvalue weighted by atomic mass is 16.1. The van der Waals surface area contributed by atoms with Gasteiger partial charge in [0, 0.05) is 12.5 Å². The van der Waals surface area contributed by atoms with E-state index in [2.05, 4.69) is 43.4 Å². The Morgan fingerprint density at radius 3 is 2.33 bits per heavy atom. The number of carbonyl (C=O) groups is 1. The van der Waals surface area contributed by atoms with Crippen LogP contribution in [0.5, 0.6) is 0 Å². The summed E-state index contributed by atoms with van der Waals surface area (Å²) in [4.78, 5) is 11.9. The molecular weight excluding hydrogens is 222 g/mol. The second-order valence-electron chi connectivity index (χ2n) is 4.70. The highest BCUT2D eigenvalue weighted by Crippen LogP contribution is 2.19. The predicted molar refractivity (Wildman–Crippen MR) is 76.6 cm³/mol. The van der Waals surface area contributed by atoms with Gasteiger partial charge in [0.15, 0.2) is 0 Å². The molecule has 2 nitrogen and oxygen atoms in total. The lowest BCUT2D eigenvalue weighted by atomic mass is 9.99. The van der Waals surface area contributed by atoms with Gasteiger partial charge in [-0.3, -0.25) is 4.79 Å². The Hall–Kier alpha value is -1.15. The second kappa shape index (κ2) is 8.04. The zero-order valence-corrected chi connectivity index (χ0v) is 11.8. The Bertz CT molecular complexity index is 347. The standard InChI is InChI=1S/C16H25NO/c1-4-10-15(13-11-8-7-9-12-13)17-14(5-2)16(18)6-3/h7-9,11-12,14-15,17H,4-6,10H2,1-3H3. The molecule has 0 amide bonds. The van der Waals surface area contributed by atoms with E-state index in [1.807, 2.05) is 13.0 Å². The molecule has 0 saturated heterocycles. The topological polar surface area (TPSA) is 29.1 Å². The number of ketones is 1. The number of benzene rings is 1. The fourth-order valence-corrected chi connectivity index (χ4v) is 2.25. The van der Waals surface area contributed by atoms with Crippen LogP contribution in [0, 0.1) is 0 Å². The fourth-order valence-electron chi connectivity index (χ4n) is 2.25. The van der Waals surface area contributed by atoms with Crippen molar-refractivity contribution in [3.63, 3.8) is 0 Å². The predicted octanol–water partition coefficient (Wildman–Crippen LogP) is 3.88. The van der Waals surface area contributed by atoms with Crippen LogP contribution in [0.2, 0.25) is 0 Å². The fraction of sp³-hybridized carbons (Fsp3) is 0.562. The SMILES string of the molecule is CCCC(NC(CC)C(=O)CC)c1ccccc1. The van der Waals surface area contributed by atoms with E-state index in [9.17, 15) is 4.79 Å². The van der Waals surface area contributed by atoms with Gasteiger partial charge in [-0.25, -0.2) is 0 Å². The first-order chi connectivity index (χ1) is 8.72. The molecule has 0 heterocycles. The first kappa shape index (κ1) is 14.9. The molecule has 0 bridgehead atoms. The first-order valence-electron chi connectivity index (χ1n) is 7.06. The first-order valence-corrected chi connectivity index (χ1v) is 7.06. The van der Waals surface area contributed by atoms with Gasteiger partial charge in [0.25, 0.3) is 0 Å². The van der Waals surface area contributed by atoms with Gasteiger partial charge in [-0.05, 0) is 18.4 Å². The van der Waals surface area contributed by atoms with Crippen LogP contribution in [0.4, 0.5) is 0 Å². The Kier molecular flexibility index (Phi) is 6.66. The van der Waals surface area contributed by atoms with Gasteiger partial charge in [0.1, 0.15) is 5.78 Å². The van der Waals surface area contributed by atoms with Gasteiger partial charge < -0.3 is 5.32 Å². The lowest BCUT2D eigenvalue weighted by molar-refractivity contribution is -0.121. The van der Waals surface area contributed by atoms with Crippen LogP contribution in [-0.4, -0.2) is 11.8 Å². The van der Waals surface area contributed by atoms with Gasteiger partial charge >= 0.3 is 0 Å². The lowest BCUT2D eigenvalue weighted by Gasteiger charge is -2.24. The summed E-state index contributed by atoms with van der Waals surface area (Å²) >= 11 is 0. The van der Waals surface area contributed by atoms with E-state index >= 15 is 0 Å². The van der Waals surface area contributed by atoms with Crippen LogP contribution >= 0.6 is 0 Å². The summed E-state index contributed by atoms with van der Waals surface area (Å²) in [6.45, 7) is 6.18. The van der Waals surface area contributed by atoms with Crippen molar-refractivity contribution >= 4 is 5.78 Å². The highest BCUT2D eigenvalue weighted by Gasteiger charge is 2.19. The molecule has 2 unspecified atom stereocenters. The molecule has 1 aromatic rings. The molecule has 0 aliphatic carbocycles. The van der Waals surface area contributed by atoms with Crippen LogP contribution in [-0.2, 0) is 4.79 Å². The van der Waals surface area contributed by atoms with Gasteiger partial charge in [-0.2, -0.15) is 0 Å². The Labute approximate surface area is 111 Å². The number of hydrogen-bond donors (Lipinski definition) is 1. The smallest absolute Gasteiger partial charge is 0.149 e. The summed E-state index contributed by atoms with van der Waals surface area (Å²) in [7, 11) is 0. The molecular formula is C16H25NO. The molecule has 0 aromatic heterocycles. The zero-order chi connectivity index (χ0) is 13.4. The zero-order valence-electron chi connectivity index (χ0n) is 11.8. The third-order valence-corrected chi connectivity index (χ3v) is 3.33. The number of nitrogens with one attached hydrogen (secondary N) is 1. The van der Waals surface area contributed by atoms with Crippen molar-refractivity contribution in [3.05, 3.63) is 35.9 Å². The van der Waals surface area contributed by atoms with Crippen LogP contribution in [0.3, 0.4) is 0 Å². The Balaban J connectivity index is 2.76. The number of Topliss-reactive ketones (excluding diaryl/α,β-unsaturated/α-hetero) is 1. The third kappa shape index (κ3) is 4.26. The molecule has 0 radical (unpaired) electrons. The van der Waals surface area contributed by atoms with E-state index in [1.54, 1.807) is 0 Å². The van der Waals surface area contributed by atoms with E-state index in [4.69, 9.17) is 0 Å². The van der Waals surface area contributed by atoms with Gasteiger partial charge in [-0.15, -0.1) is 0 Å². The van der Waals surface area contributed by atoms with Crippen molar-refractivity contribution in [2.75, 3.05) is 0 Å². The van der Waals surface area contributed by atoms with Crippen molar-refractivity contribution < 1.29 is 4.79 Å². The minimum atomic E-state index is -0.00763. The van der Waals surface area contributed by atoms with E-state index in [0.29, 0.717) is 12.2 Å². The molecule has 2 heteroatoms. The van der Waals surface area contributed by atoms with Crippen LogP contribution < -0.4 is 5.32 Å². The number of hydrogen-bond acceptors (Lipinski definition) is 2. The minimum Gasteiger partial charge on any atom is -0.301 e. The van der Waals surface area contributed by atoms with Crippen molar-refractivity contribution in [1.82, 2.24) is 5.32 Å². The van der Waals surface area contributed by atoms with Gasteiger partial charge in [0.05, 0.1) is 6.04 Å². The van der Waals surface area contributed by atoms with E-state index in [0.717, 1.165) is 19.3 Å². The number of rotatable bonds is 8. The normalized spacial score (nSPS) is 14.2. The Morgan fingerprint density at radius 1 is 1.17 bits per heavy atom. The maximum absolute atomic E-state index is 11.9. The molecule has 18 heavy (non-hydrogen) atoms. The van der Waals surface area contributed by atoms with Crippen molar-refractivity contribution in [2.45, 2.75) is 58.5 Å². The van der Waals surface area contributed by atoms with Crippen LogP contribution in [0.1, 0.15) is 58.1 Å². The molecule has 0 saturated carbocycles. The second-order valence-corrected chi connectivity index (χ2v) is 4.70. The summed E-state index contributed by atoms with van der Waals surface area (Å²) in [5, 5.41) is 3.52. The minimum absolute atomic E-state index is 0.00763. The third-order valence-electron chi connectivity index (χ3n) is 3.33. The summed E-state index contributed by atoms with van der Waals surface area (Å²) in [5.74, 6) is 0.314. The summed E-state index contributed by atoms with van der Waals surface area (Å²) < 4.78 is 0. The molecule has 0 aliphatic heterocycles. The maximum Gasteiger partial charge on any atom is 0.149 e. The molecule has 1 rings (SSSR count). The molecule has 100 valence electrons. The average molecular weight is 247 g/mol. The monoisotopic (exact) mass is 247 g/mol. The molecule has 1 aromatic carbocycles. The van der Waals surface area contributed by atoms with Crippen molar-refractivity contribution in [3.8, 4) is 0 Å². The lowest BCUT2D eigenvalue weighted by Crippen LogP contribution is -2.38. The molecule has 2 atom stereocenters. The quantitative estimate of drug-likeness (QED) is 0.755. The molecule has 1 N–H and O–H groups in total. The summed E-state index contributed by atoms with van der Waals surface area (Å²) in [6, 6.07) is 10.7. The number of carbonyl (C=O) groups excluding carboxylic acids is 1. The van der Waals surface area contributed by atoms with E-state index in [-0.39, 0.29) is 12.1 Å². The molecule has 0 spiro atoms. The van der Waals surface area contributed by atoms with Crippen LogP contribution in [0.25, 0.3) is 0 Å². The van der Waals surface area contributed by atoms with Crippen molar-refractivity contribution in [2.24, 2.45) is 0 Å². The maximum atomic E-state index is 11.9. The van der Waals surface area contributed by atoms with E-state index in [1.165, 1.54) is 5.56 Å². The van der Waals surface area contributed by atoms with Gasteiger partial charge in [0.2, 0.25) is 0 Å². The largest absolute Gasteiger partial charge is 0.301 e. The summed E-state index contributed by atoms with van der Waals surface area (Å²) in [6.07, 6.45) is 3.65. The van der Waals surface area contributed by atoms with Crippen molar-refractivity contribution in [1.29, 1.82) is 0 Å². The summed E-state index contributed by atoms with van der Waals surface area (Å²) in [5.41, 5.74) is 1.28. The van der Waals surface area contributed by atoms with Crippen LogP contribution in [0.15, 0.2) is 30.3 Å². The Morgan fingerprint density at radius 2 is 1.83 bits per heavy atom.